The van der Waals surface area contributed by atoms with E-state index in [0.717, 1.165) is 24.2 Å². The van der Waals surface area contributed by atoms with E-state index >= 15 is 0 Å². The molecule has 1 heterocycles. The van der Waals surface area contributed by atoms with Gasteiger partial charge in [0.25, 0.3) is 0 Å². The number of sulfonamides is 1. The highest BCUT2D eigenvalue weighted by Gasteiger charge is 2.29. The zero-order valence-corrected chi connectivity index (χ0v) is 19.0. The van der Waals surface area contributed by atoms with Gasteiger partial charge in [-0.05, 0) is 30.2 Å². The van der Waals surface area contributed by atoms with Gasteiger partial charge >= 0.3 is 0 Å². The van der Waals surface area contributed by atoms with Crippen LogP contribution >= 0.6 is 11.8 Å². The van der Waals surface area contributed by atoms with Gasteiger partial charge in [0.15, 0.2) is 5.12 Å². The number of hydrogen-bond acceptors (Lipinski definition) is 5. The summed E-state index contributed by atoms with van der Waals surface area (Å²) in [5, 5.41) is -0.00449. The molecule has 0 saturated carbocycles. The second kappa shape index (κ2) is 10.4. The standard InChI is InChI=1S/C23H28N2O3S2/c1-19(18-29-20(2)26)25(17-16-24-14-6-7-15-24)30(27,28)23-12-10-22(11-13-23)21-8-4-3-5-9-21/h3-13,19H,14-18H2,1-2H3. The molecule has 1 unspecified atom stereocenters. The van der Waals surface area contributed by atoms with Crippen LogP contribution in [0.4, 0.5) is 0 Å². The fourth-order valence-corrected chi connectivity index (χ4v) is 5.80. The molecule has 0 N–H and O–H groups in total. The van der Waals surface area contributed by atoms with Crippen LogP contribution in [0.2, 0.25) is 0 Å². The van der Waals surface area contributed by atoms with Gasteiger partial charge in [-0.3, -0.25) is 9.69 Å². The van der Waals surface area contributed by atoms with Crippen LogP contribution in [0.3, 0.4) is 0 Å². The summed E-state index contributed by atoms with van der Waals surface area (Å²) < 4.78 is 28.5. The summed E-state index contributed by atoms with van der Waals surface area (Å²) in [4.78, 5) is 13.9. The Balaban J connectivity index is 1.81. The molecule has 2 aromatic rings. The van der Waals surface area contributed by atoms with Gasteiger partial charge < -0.3 is 0 Å². The lowest BCUT2D eigenvalue weighted by Crippen LogP contribution is -2.44. The van der Waals surface area contributed by atoms with E-state index in [9.17, 15) is 13.2 Å². The number of benzene rings is 2. The molecular formula is C23H28N2O3S2. The first-order chi connectivity index (χ1) is 14.4. The Morgan fingerprint density at radius 1 is 1.03 bits per heavy atom. The molecule has 1 aliphatic rings. The lowest BCUT2D eigenvalue weighted by Gasteiger charge is -2.30. The third-order valence-electron chi connectivity index (χ3n) is 5.12. The molecule has 5 nitrogen and oxygen atoms in total. The summed E-state index contributed by atoms with van der Waals surface area (Å²) in [5.41, 5.74) is 2.02. The maximum atomic E-state index is 13.5. The number of rotatable bonds is 9. The SMILES string of the molecule is CC(=O)SCC(C)N(CCN1CC=CC1)S(=O)(=O)c1ccc(-c2ccccc2)cc1. The van der Waals surface area contributed by atoms with Crippen molar-refractivity contribution in [3.63, 3.8) is 0 Å². The summed E-state index contributed by atoms with van der Waals surface area (Å²) in [6.07, 6.45) is 4.19. The number of carbonyl (C=O) groups excluding carboxylic acids is 1. The topological polar surface area (TPSA) is 57.7 Å². The zero-order chi connectivity index (χ0) is 21.6. The first-order valence-electron chi connectivity index (χ1n) is 10.1. The molecule has 0 aromatic heterocycles. The van der Waals surface area contributed by atoms with E-state index in [-0.39, 0.29) is 16.1 Å². The van der Waals surface area contributed by atoms with Crippen molar-refractivity contribution in [3.05, 3.63) is 66.7 Å². The largest absolute Gasteiger partial charge is 0.295 e. The minimum absolute atomic E-state index is 0.00449. The molecule has 7 heteroatoms. The van der Waals surface area contributed by atoms with E-state index in [0.29, 0.717) is 18.8 Å². The smallest absolute Gasteiger partial charge is 0.243 e. The fraction of sp³-hybridized carbons (Fsp3) is 0.348. The minimum Gasteiger partial charge on any atom is -0.295 e. The van der Waals surface area contributed by atoms with Crippen LogP contribution in [-0.4, -0.2) is 60.7 Å². The molecule has 2 aromatic carbocycles. The molecule has 0 bridgehead atoms. The molecule has 0 aliphatic carbocycles. The van der Waals surface area contributed by atoms with E-state index in [1.807, 2.05) is 49.4 Å². The minimum atomic E-state index is -3.68. The van der Waals surface area contributed by atoms with Crippen molar-refractivity contribution in [1.29, 1.82) is 0 Å². The predicted octanol–water partition coefficient (Wildman–Crippen LogP) is 3.88. The zero-order valence-electron chi connectivity index (χ0n) is 17.4. The summed E-state index contributed by atoms with van der Waals surface area (Å²) in [6, 6.07) is 16.6. The van der Waals surface area contributed by atoms with Gasteiger partial charge in [-0.15, -0.1) is 0 Å². The normalized spacial score (nSPS) is 15.6. The number of carbonyl (C=O) groups is 1. The quantitative estimate of drug-likeness (QED) is 0.550. The Kier molecular flexibility index (Phi) is 7.88. The van der Waals surface area contributed by atoms with Crippen LogP contribution in [0.25, 0.3) is 11.1 Å². The highest BCUT2D eigenvalue weighted by molar-refractivity contribution is 8.13. The summed E-state index contributed by atoms with van der Waals surface area (Å²) in [7, 11) is -3.68. The number of nitrogens with zero attached hydrogens (tertiary/aromatic N) is 2. The maximum absolute atomic E-state index is 13.5. The second-order valence-electron chi connectivity index (χ2n) is 7.39. The highest BCUT2D eigenvalue weighted by atomic mass is 32.2. The Labute approximate surface area is 183 Å². The van der Waals surface area contributed by atoms with Crippen molar-refractivity contribution in [1.82, 2.24) is 9.21 Å². The van der Waals surface area contributed by atoms with Crippen LogP contribution in [0.5, 0.6) is 0 Å². The highest BCUT2D eigenvalue weighted by Crippen LogP contribution is 2.25. The molecular weight excluding hydrogens is 416 g/mol. The third kappa shape index (κ3) is 5.82. The van der Waals surface area contributed by atoms with Crippen LogP contribution in [0, 0.1) is 0 Å². The molecule has 0 radical (unpaired) electrons. The first-order valence-corrected chi connectivity index (χ1v) is 12.5. The van der Waals surface area contributed by atoms with Crippen LogP contribution < -0.4 is 0 Å². The van der Waals surface area contributed by atoms with E-state index in [1.54, 1.807) is 16.4 Å². The van der Waals surface area contributed by atoms with E-state index in [2.05, 4.69) is 17.1 Å². The Bertz CT molecular complexity index is 965. The molecule has 0 spiro atoms. The second-order valence-corrected chi connectivity index (χ2v) is 10.5. The van der Waals surface area contributed by atoms with Gasteiger partial charge in [0.2, 0.25) is 10.0 Å². The van der Waals surface area contributed by atoms with Crippen molar-refractivity contribution in [3.8, 4) is 11.1 Å². The van der Waals surface area contributed by atoms with E-state index in [4.69, 9.17) is 0 Å². The fourth-order valence-electron chi connectivity index (χ4n) is 3.43. The predicted molar refractivity (Wildman–Crippen MR) is 124 cm³/mol. The van der Waals surface area contributed by atoms with E-state index < -0.39 is 10.0 Å². The lowest BCUT2D eigenvalue weighted by molar-refractivity contribution is -0.109. The monoisotopic (exact) mass is 444 g/mol. The molecule has 1 aliphatic heterocycles. The van der Waals surface area contributed by atoms with Gasteiger partial charge in [0, 0.05) is 44.9 Å². The van der Waals surface area contributed by atoms with Gasteiger partial charge in [0.1, 0.15) is 0 Å². The van der Waals surface area contributed by atoms with E-state index in [1.165, 1.54) is 18.7 Å². The lowest BCUT2D eigenvalue weighted by atomic mass is 10.1. The van der Waals surface area contributed by atoms with Gasteiger partial charge in [-0.25, -0.2) is 8.42 Å². The summed E-state index contributed by atoms with van der Waals surface area (Å²) in [6.45, 7) is 6.11. The van der Waals surface area contributed by atoms with Crippen molar-refractivity contribution >= 4 is 26.9 Å². The van der Waals surface area contributed by atoms with Crippen molar-refractivity contribution in [2.75, 3.05) is 31.9 Å². The van der Waals surface area contributed by atoms with Crippen molar-refractivity contribution in [2.45, 2.75) is 24.8 Å². The Morgan fingerprint density at radius 3 is 2.23 bits per heavy atom. The summed E-state index contributed by atoms with van der Waals surface area (Å²) in [5.74, 6) is 0.439. The first kappa shape index (κ1) is 22.7. The average Bonchev–Trinajstić information content (AvgIpc) is 3.26. The molecule has 0 amide bonds. The summed E-state index contributed by atoms with van der Waals surface area (Å²) >= 11 is 1.17. The number of thioether (sulfide) groups is 1. The average molecular weight is 445 g/mol. The van der Waals surface area contributed by atoms with Crippen molar-refractivity contribution in [2.24, 2.45) is 0 Å². The maximum Gasteiger partial charge on any atom is 0.243 e. The molecule has 160 valence electrons. The van der Waals surface area contributed by atoms with Crippen LogP contribution in [-0.2, 0) is 14.8 Å². The van der Waals surface area contributed by atoms with Gasteiger partial charge in [-0.2, -0.15) is 4.31 Å². The third-order valence-corrected chi connectivity index (χ3v) is 8.20. The Hall–Kier alpha value is -1.93. The number of hydrogen-bond donors (Lipinski definition) is 0. The molecule has 1 atom stereocenters. The molecule has 30 heavy (non-hydrogen) atoms. The molecule has 3 rings (SSSR count). The Morgan fingerprint density at radius 2 is 1.63 bits per heavy atom. The van der Waals surface area contributed by atoms with Gasteiger partial charge in [0.05, 0.1) is 4.90 Å². The molecule has 0 saturated heterocycles. The van der Waals surface area contributed by atoms with Crippen LogP contribution in [0.1, 0.15) is 13.8 Å². The molecule has 0 fully saturated rings. The van der Waals surface area contributed by atoms with Crippen molar-refractivity contribution < 1.29 is 13.2 Å². The van der Waals surface area contributed by atoms with Crippen LogP contribution in [0.15, 0.2) is 71.6 Å². The van der Waals surface area contributed by atoms with Gasteiger partial charge in [-0.1, -0.05) is 66.4 Å².